The van der Waals surface area contributed by atoms with Crippen LogP contribution in [0.25, 0.3) is 0 Å². The number of benzene rings is 1. The zero-order valence-electron chi connectivity index (χ0n) is 14.3. The Bertz CT molecular complexity index is 593. The molecule has 25 heavy (non-hydrogen) atoms. The fourth-order valence-corrected chi connectivity index (χ4v) is 3.24. The van der Waals surface area contributed by atoms with E-state index < -0.39 is 0 Å². The van der Waals surface area contributed by atoms with Gasteiger partial charge in [0, 0.05) is 70.1 Å². The number of nitro benzene ring substituents is 1. The highest BCUT2D eigenvalue weighted by Crippen LogP contribution is 2.20. The fourth-order valence-electron chi connectivity index (χ4n) is 3.24. The molecule has 2 fully saturated rings. The summed E-state index contributed by atoms with van der Waals surface area (Å²) in [6.07, 6.45) is 0.553. The van der Waals surface area contributed by atoms with Crippen molar-refractivity contribution in [3.05, 3.63) is 34.4 Å². The summed E-state index contributed by atoms with van der Waals surface area (Å²) in [6, 6.07) is 6.69. The summed E-state index contributed by atoms with van der Waals surface area (Å²) in [4.78, 5) is 28.9. The molecule has 1 aromatic rings. The smallest absolute Gasteiger partial charge is 0.269 e. The Balaban J connectivity index is 1.42. The number of nitrogens with zero attached hydrogens (tertiary/aromatic N) is 4. The van der Waals surface area contributed by atoms with Crippen LogP contribution in [0.2, 0.25) is 0 Å². The highest BCUT2D eigenvalue weighted by molar-refractivity contribution is 5.76. The maximum absolute atomic E-state index is 12.2. The molecule has 0 bridgehead atoms. The van der Waals surface area contributed by atoms with Crippen LogP contribution < -0.4 is 4.90 Å². The average molecular weight is 348 g/mol. The van der Waals surface area contributed by atoms with Gasteiger partial charge in [0.2, 0.25) is 5.91 Å². The Kier molecular flexibility index (Phi) is 5.83. The normalized spacial score (nSPS) is 19.0. The first-order valence-electron chi connectivity index (χ1n) is 8.71. The number of morpholine rings is 1. The molecular weight excluding hydrogens is 324 g/mol. The second-order valence-corrected chi connectivity index (χ2v) is 6.35. The molecule has 1 aromatic carbocycles. The maximum atomic E-state index is 12.2. The summed E-state index contributed by atoms with van der Waals surface area (Å²) in [5, 5.41) is 10.7. The van der Waals surface area contributed by atoms with E-state index in [0.717, 1.165) is 38.4 Å². The summed E-state index contributed by atoms with van der Waals surface area (Å²) >= 11 is 0. The van der Waals surface area contributed by atoms with Crippen molar-refractivity contribution in [2.24, 2.45) is 0 Å². The molecule has 2 saturated heterocycles. The molecule has 2 aliphatic heterocycles. The van der Waals surface area contributed by atoms with E-state index in [2.05, 4.69) is 9.80 Å². The molecule has 136 valence electrons. The van der Waals surface area contributed by atoms with Gasteiger partial charge in [0.05, 0.1) is 18.1 Å². The van der Waals surface area contributed by atoms with Crippen molar-refractivity contribution in [2.75, 3.05) is 63.9 Å². The Morgan fingerprint density at radius 1 is 1.04 bits per heavy atom. The number of non-ortho nitro benzene ring substituents is 1. The number of carbonyl (C=O) groups excluding carboxylic acids is 1. The Morgan fingerprint density at radius 2 is 1.68 bits per heavy atom. The van der Waals surface area contributed by atoms with Crippen LogP contribution in [-0.4, -0.2) is 79.7 Å². The summed E-state index contributed by atoms with van der Waals surface area (Å²) in [7, 11) is 0. The van der Waals surface area contributed by atoms with Gasteiger partial charge in [-0.2, -0.15) is 0 Å². The van der Waals surface area contributed by atoms with Crippen LogP contribution >= 0.6 is 0 Å². The summed E-state index contributed by atoms with van der Waals surface area (Å²) < 4.78 is 5.27. The van der Waals surface area contributed by atoms with Crippen molar-refractivity contribution in [1.29, 1.82) is 0 Å². The number of anilines is 1. The number of ether oxygens (including phenoxy) is 1. The van der Waals surface area contributed by atoms with Gasteiger partial charge in [0.25, 0.3) is 5.69 Å². The highest BCUT2D eigenvalue weighted by atomic mass is 16.6. The first kappa shape index (κ1) is 17.6. The minimum Gasteiger partial charge on any atom is -0.378 e. The van der Waals surface area contributed by atoms with Crippen LogP contribution in [0.4, 0.5) is 11.4 Å². The lowest BCUT2D eigenvalue weighted by Gasteiger charge is -2.36. The molecule has 0 unspecified atom stereocenters. The van der Waals surface area contributed by atoms with E-state index in [1.807, 2.05) is 4.90 Å². The quantitative estimate of drug-likeness (QED) is 0.583. The molecule has 3 rings (SSSR count). The van der Waals surface area contributed by atoms with Crippen molar-refractivity contribution in [1.82, 2.24) is 9.80 Å². The molecule has 1 amide bonds. The molecule has 2 heterocycles. The first-order chi connectivity index (χ1) is 12.1. The lowest BCUT2D eigenvalue weighted by molar-refractivity contribution is -0.384. The number of hydrogen-bond donors (Lipinski definition) is 0. The number of hydrogen-bond acceptors (Lipinski definition) is 6. The fraction of sp³-hybridized carbons (Fsp3) is 0.588. The third-order valence-electron chi connectivity index (χ3n) is 4.80. The number of amides is 1. The van der Waals surface area contributed by atoms with Crippen molar-refractivity contribution >= 4 is 17.3 Å². The third-order valence-corrected chi connectivity index (χ3v) is 4.80. The van der Waals surface area contributed by atoms with Crippen LogP contribution in [-0.2, 0) is 9.53 Å². The predicted octanol–water partition coefficient (Wildman–Crippen LogP) is 0.966. The topological polar surface area (TPSA) is 79.2 Å². The molecule has 0 saturated carbocycles. The van der Waals surface area contributed by atoms with Crippen LogP contribution in [0.5, 0.6) is 0 Å². The molecule has 0 aliphatic carbocycles. The van der Waals surface area contributed by atoms with Crippen molar-refractivity contribution in [2.45, 2.75) is 6.42 Å². The molecule has 0 spiro atoms. The summed E-state index contributed by atoms with van der Waals surface area (Å²) in [5.41, 5.74) is 1.12. The minimum absolute atomic E-state index is 0.115. The van der Waals surface area contributed by atoms with E-state index in [1.54, 1.807) is 24.3 Å². The van der Waals surface area contributed by atoms with Gasteiger partial charge in [-0.3, -0.25) is 19.8 Å². The van der Waals surface area contributed by atoms with Gasteiger partial charge in [-0.05, 0) is 12.1 Å². The summed E-state index contributed by atoms with van der Waals surface area (Å²) in [5.74, 6) is 0.209. The van der Waals surface area contributed by atoms with Crippen molar-refractivity contribution in [3.63, 3.8) is 0 Å². The SMILES string of the molecule is O=C(CCN1CCN(c2ccc([N+](=O)[O-])cc2)CC1)N1CCOCC1. The van der Waals surface area contributed by atoms with E-state index in [0.29, 0.717) is 32.7 Å². The minimum atomic E-state index is -0.382. The third kappa shape index (κ3) is 4.67. The van der Waals surface area contributed by atoms with Gasteiger partial charge in [0.1, 0.15) is 0 Å². The standard InChI is InChI=1S/C17H24N4O4/c22-17(20-11-13-25-14-12-20)5-6-18-7-9-19(10-8-18)15-1-3-16(4-2-15)21(23)24/h1-4H,5-14H2. The molecule has 0 N–H and O–H groups in total. The Hall–Kier alpha value is -2.19. The molecule has 0 atom stereocenters. The van der Waals surface area contributed by atoms with Gasteiger partial charge in [-0.1, -0.05) is 0 Å². The molecule has 0 aromatic heterocycles. The highest BCUT2D eigenvalue weighted by Gasteiger charge is 2.21. The lowest BCUT2D eigenvalue weighted by atomic mass is 10.2. The predicted molar refractivity (Wildman–Crippen MR) is 93.8 cm³/mol. The molecule has 2 aliphatic rings. The summed E-state index contributed by atoms with van der Waals surface area (Å²) in [6.45, 7) is 6.98. The first-order valence-corrected chi connectivity index (χ1v) is 8.71. The van der Waals surface area contributed by atoms with Gasteiger partial charge in [-0.25, -0.2) is 0 Å². The van der Waals surface area contributed by atoms with E-state index in [4.69, 9.17) is 4.74 Å². The van der Waals surface area contributed by atoms with Gasteiger partial charge < -0.3 is 14.5 Å². The van der Waals surface area contributed by atoms with Crippen LogP contribution in [0.1, 0.15) is 6.42 Å². The van der Waals surface area contributed by atoms with Gasteiger partial charge >= 0.3 is 0 Å². The van der Waals surface area contributed by atoms with E-state index in [1.165, 1.54) is 0 Å². The number of nitro groups is 1. The van der Waals surface area contributed by atoms with Gasteiger partial charge in [0.15, 0.2) is 0 Å². The Morgan fingerprint density at radius 3 is 2.28 bits per heavy atom. The van der Waals surface area contributed by atoms with Crippen molar-refractivity contribution < 1.29 is 14.5 Å². The number of carbonyl (C=O) groups is 1. The van der Waals surface area contributed by atoms with Crippen LogP contribution in [0.3, 0.4) is 0 Å². The second kappa shape index (κ2) is 8.26. The molecule has 8 nitrogen and oxygen atoms in total. The van der Waals surface area contributed by atoms with Gasteiger partial charge in [-0.15, -0.1) is 0 Å². The Labute approximate surface area is 147 Å². The maximum Gasteiger partial charge on any atom is 0.269 e. The number of piperazine rings is 1. The zero-order valence-corrected chi connectivity index (χ0v) is 14.3. The second-order valence-electron chi connectivity index (χ2n) is 6.35. The zero-order chi connectivity index (χ0) is 17.6. The molecule has 0 radical (unpaired) electrons. The number of rotatable bonds is 5. The monoisotopic (exact) mass is 348 g/mol. The van der Waals surface area contributed by atoms with E-state index in [-0.39, 0.29) is 16.5 Å². The van der Waals surface area contributed by atoms with Crippen molar-refractivity contribution in [3.8, 4) is 0 Å². The largest absolute Gasteiger partial charge is 0.378 e. The molecule has 8 heteroatoms. The average Bonchev–Trinajstić information content (AvgIpc) is 2.67. The lowest BCUT2D eigenvalue weighted by Crippen LogP contribution is -2.48. The van der Waals surface area contributed by atoms with Crippen LogP contribution in [0, 0.1) is 10.1 Å². The van der Waals surface area contributed by atoms with E-state index >= 15 is 0 Å². The van der Waals surface area contributed by atoms with Crippen LogP contribution in [0.15, 0.2) is 24.3 Å². The van der Waals surface area contributed by atoms with E-state index in [9.17, 15) is 14.9 Å². The molecular formula is C17H24N4O4.